The van der Waals surface area contributed by atoms with Crippen LogP contribution < -0.4 is 10.6 Å². The minimum absolute atomic E-state index is 0.0696. The Morgan fingerprint density at radius 2 is 1.60 bits per heavy atom. The van der Waals surface area contributed by atoms with Crippen molar-refractivity contribution in [3.05, 3.63) is 86.0 Å². The number of benzene rings is 2. The van der Waals surface area contributed by atoms with Crippen molar-refractivity contribution < 1.29 is 14.6 Å². The smallest absolute Gasteiger partial charge is 0.319 e. The van der Waals surface area contributed by atoms with Crippen LogP contribution in [0.5, 0.6) is 0 Å². The molecule has 0 bridgehead atoms. The molecule has 2 aromatic carbocycles. The summed E-state index contributed by atoms with van der Waals surface area (Å²) in [5.41, 5.74) is 1.15. The average molecular weight is 340 g/mol. The maximum Gasteiger partial charge on any atom is 0.319 e. The number of carbonyl (C=O) groups is 1. The summed E-state index contributed by atoms with van der Waals surface area (Å²) in [5, 5.41) is 27.1. The van der Waals surface area contributed by atoms with E-state index in [-0.39, 0.29) is 11.4 Å². The van der Waals surface area contributed by atoms with Crippen molar-refractivity contribution in [1.29, 1.82) is 0 Å². The fourth-order valence-electron chi connectivity index (χ4n) is 2.57. The van der Waals surface area contributed by atoms with Gasteiger partial charge in [0, 0.05) is 23.9 Å². The van der Waals surface area contributed by atoms with Crippen molar-refractivity contribution in [3.8, 4) is 0 Å². The number of carbonyl (C=O) groups excluding carboxylic acids is 1. The Balaban J connectivity index is 2.00. The van der Waals surface area contributed by atoms with E-state index in [1.54, 1.807) is 24.3 Å². The van der Waals surface area contributed by atoms with E-state index in [1.165, 1.54) is 30.3 Å². The predicted molar refractivity (Wildman–Crippen MR) is 88.6 cm³/mol. The lowest BCUT2D eigenvalue weighted by molar-refractivity contribution is -0.385. The Morgan fingerprint density at radius 1 is 0.920 bits per heavy atom. The number of nitro groups is 2. The van der Waals surface area contributed by atoms with E-state index in [2.05, 4.69) is 10.6 Å². The zero-order chi connectivity index (χ0) is 18.0. The monoisotopic (exact) mass is 340 g/mol. The summed E-state index contributed by atoms with van der Waals surface area (Å²) in [6.45, 7) is 0. The number of nitro benzene ring substituents is 2. The number of non-ortho nitro benzene ring substituents is 1. The normalized spacial score (nSPS) is 16.4. The van der Waals surface area contributed by atoms with E-state index in [4.69, 9.17) is 0 Å². The molecular formula is C16H12N4O5. The summed E-state index contributed by atoms with van der Waals surface area (Å²) in [6.07, 6.45) is 1.63. The van der Waals surface area contributed by atoms with Gasteiger partial charge in [-0.1, -0.05) is 12.1 Å². The summed E-state index contributed by atoms with van der Waals surface area (Å²) < 4.78 is 0. The maximum absolute atomic E-state index is 11.9. The molecule has 0 saturated heterocycles. The first-order valence-electron chi connectivity index (χ1n) is 7.23. The van der Waals surface area contributed by atoms with Crippen LogP contribution in [-0.2, 0) is 0 Å². The van der Waals surface area contributed by atoms with Gasteiger partial charge in [0.2, 0.25) is 0 Å². The second kappa shape index (κ2) is 6.40. The lowest BCUT2D eigenvalue weighted by Gasteiger charge is -2.24. The Hall–Kier alpha value is -3.75. The summed E-state index contributed by atoms with van der Waals surface area (Å²) >= 11 is 0. The lowest BCUT2D eigenvalue weighted by atomic mass is 10.00. The Kier molecular flexibility index (Phi) is 4.12. The van der Waals surface area contributed by atoms with Crippen molar-refractivity contribution >= 4 is 23.1 Å². The van der Waals surface area contributed by atoms with Gasteiger partial charge in [-0.25, -0.2) is 4.79 Å². The molecule has 3 rings (SSSR count). The minimum atomic E-state index is -0.694. The van der Waals surface area contributed by atoms with Crippen LogP contribution in [-0.4, -0.2) is 15.9 Å². The van der Waals surface area contributed by atoms with Crippen LogP contribution in [0, 0.1) is 20.2 Å². The van der Waals surface area contributed by atoms with Gasteiger partial charge in [0.1, 0.15) is 0 Å². The van der Waals surface area contributed by atoms with Gasteiger partial charge in [-0.15, -0.1) is 0 Å². The molecule has 0 aromatic heterocycles. The highest BCUT2D eigenvalue weighted by Gasteiger charge is 2.26. The second-order valence-corrected chi connectivity index (χ2v) is 5.28. The Bertz CT molecular complexity index is 892. The van der Waals surface area contributed by atoms with E-state index in [9.17, 15) is 25.0 Å². The molecule has 1 aliphatic rings. The van der Waals surface area contributed by atoms with Crippen LogP contribution in [0.1, 0.15) is 17.2 Å². The minimum Gasteiger partial charge on any atom is -0.327 e. The maximum atomic E-state index is 11.9. The molecule has 0 saturated carbocycles. The molecule has 0 fully saturated rings. The van der Waals surface area contributed by atoms with Crippen LogP contribution in [0.25, 0.3) is 5.70 Å². The van der Waals surface area contributed by atoms with E-state index in [1.807, 2.05) is 0 Å². The number of amides is 2. The van der Waals surface area contributed by atoms with Gasteiger partial charge in [-0.05, 0) is 29.8 Å². The average Bonchev–Trinajstić information content (AvgIpc) is 2.61. The number of rotatable bonds is 4. The molecule has 9 heteroatoms. The van der Waals surface area contributed by atoms with Crippen molar-refractivity contribution in [2.24, 2.45) is 0 Å². The topological polar surface area (TPSA) is 127 Å². The molecule has 0 radical (unpaired) electrons. The molecule has 0 spiro atoms. The zero-order valence-corrected chi connectivity index (χ0v) is 12.7. The molecule has 2 aromatic rings. The first kappa shape index (κ1) is 16.1. The summed E-state index contributed by atoms with van der Waals surface area (Å²) in [7, 11) is 0. The van der Waals surface area contributed by atoms with Gasteiger partial charge in [0.15, 0.2) is 0 Å². The second-order valence-electron chi connectivity index (χ2n) is 5.28. The van der Waals surface area contributed by atoms with Crippen LogP contribution in [0.3, 0.4) is 0 Å². The van der Waals surface area contributed by atoms with E-state index < -0.39 is 21.9 Å². The molecule has 25 heavy (non-hydrogen) atoms. The van der Waals surface area contributed by atoms with Crippen LogP contribution >= 0.6 is 0 Å². The third kappa shape index (κ3) is 3.29. The predicted octanol–water partition coefficient (Wildman–Crippen LogP) is 2.90. The molecule has 2 amide bonds. The molecular weight excluding hydrogens is 328 g/mol. The van der Waals surface area contributed by atoms with Gasteiger partial charge in [-0.3, -0.25) is 20.2 Å². The number of hydrogen-bond donors (Lipinski definition) is 2. The number of urea groups is 1. The molecule has 1 atom stereocenters. The zero-order valence-electron chi connectivity index (χ0n) is 12.7. The SMILES string of the molecule is O=C1NC(c2ccc([N+](=O)[O-])cc2)=CC(c2ccccc2[N+](=O)[O-])N1. The molecule has 2 N–H and O–H groups in total. The van der Waals surface area contributed by atoms with Gasteiger partial charge < -0.3 is 10.6 Å². The van der Waals surface area contributed by atoms with Crippen LogP contribution in [0.4, 0.5) is 16.2 Å². The molecule has 9 nitrogen and oxygen atoms in total. The molecule has 1 heterocycles. The Morgan fingerprint density at radius 3 is 2.24 bits per heavy atom. The highest BCUT2D eigenvalue weighted by molar-refractivity contribution is 5.89. The third-order valence-electron chi connectivity index (χ3n) is 3.73. The lowest BCUT2D eigenvalue weighted by Crippen LogP contribution is -2.40. The fourth-order valence-corrected chi connectivity index (χ4v) is 2.57. The number of hydrogen-bond acceptors (Lipinski definition) is 5. The first-order valence-corrected chi connectivity index (χ1v) is 7.23. The van der Waals surface area contributed by atoms with E-state index in [0.29, 0.717) is 16.8 Å². The highest BCUT2D eigenvalue weighted by atomic mass is 16.6. The van der Waals surface area contributed by atoms with Gasteiger partial charge in [0.25, 0.3) is 11.4 Å². The number of nitrogens with zero attached hydrogens (tertiary/aromatic N) is 2. The van der Waals surface area contributed by atoms with Crippen molar-refractivity contribution in [2.75, 3.05) is 0 Å². The summed E-state index contributed by atoms with van der Waals surface area (Å²) in [5.74, 6) is 0. The van der Waals surface area contributed by atoms with Gasteiger partial charge >= 0.3 is 6.03 Å². The van der Waals surface area contributed by atoms with Gasteiger partial charge in [-0.2, -0.15) is 0 Å². The molecule has 126 valence electrons. The highest BCUT2D eigenvalue weighted by Crippen LogP contribution is 2.30. The molecule has 0 aliphatic carbocycles. The molecule has 1 unspecified atom stereocenters. The largest absolute Gasteiger partial charge is 0.327 e. The number of nitrogens with one attached hydrogen (secondary N) is 2. The fraction of sp³-hybridized carbons (Fsp3) is 0.0625. The van der Waals surface area contributed by atoms with Crippen molar-refractivity contribution in [2.45, 2.75) is 6.04 Å². The van der Waals surface area contributed by atoms with Crippen LogP contribution in [0.15, 0.2) is 54.6 Å². The first-order chi connectivity index (χ1) is 12.0. The Labute approximate surface area is 141 Å². The van der Waals surface area contributed by atoms with Crippen LogP contribution in [0.2, 0.25) is 0 Å². The summed E-state index contributed by atoms with van der Waals surface area (Å²) in [6, 6.07) is 10.6. The van der Waals surface area contributed by atoms with E-state index in [0.717, 1.165) is 0 Å². The summed E-state index contributed by atoms with van der Waals surface area (Å²) in [4.78, 5) is 32.8. The van der Waals surface area contributed by atoms with Crippen molar-refractivity contribution in [3.63, 3.8) is 0 Å². The van der Waals surface area contributed by atoms with Gasteiger partial charge in [0.05, 0.1) is 21.5 Å². The standard InChI is InChI=1S/C16H12N4O5/c21-16-17-13(10-5-7-11(8-6-10)19(22)23)9-14(18-16)12-3-1-2-4-15(12)20(24)25/h1-9,14H,(H2,17,18,21). The van der Waals surface area contributed by atoms with E-state index >= 15 is 0 Å². The molecule has 1 aliphatic heterocycles. The quantitative estimate of drug-likeness (QED) is 0.653. The van der Waals surface area contributed by atoms with Crippen molar-refractivity contribution in [1.82, 2.24) is 10.6 Å². The third-order valence-corrected chi connectivity index (χ3v) is 3.73. The number of para-hydroxylation sites is 1.